The maximum Gasteiger partial charge on any atom is 0.156 e. The molecular weight excluding hydrogens is 280 g/mol. The summed E-state index contributed by atoms with van der Waals surface area (Å²) < 4.78 is 23.7. The molecule has 1 aromatic rings. The third-order valence-corrected chi connectivity index (χ3v) is 5.53. The zero-order valence-electron chi connectivity index (χ0n) is 11.9. The van der Waals surface area contributed by atoms with E-state index in [0.717, 1.165) is 10.6 Å². The highest BCUT2D eigenvalue weighted by atomic mass is 32.2. The van der Waals surface area contributed by atoms with Crippen molar-refractivity contribution in [3.8, 4) is 6.07 Å². The minimum Gasteiger partial charge on any atom is -0.244 e. The van der Waals surface area contributed by atoms with Gasteiger partial charge in [-0.2, -0.15) is 5.26 Å². The van der Waals surface area contributed by atoms with Gasteiger partial charge in [0.1, 0.15) is 10.8 Å². The highest BCUT2D eigenvalue weighted by Crippen LogP contribution is 2.30. The predicted octanol–water partition coefficient (Wildman–Crippen LogP) is 2.83. The lowest BCUT2D eigenvalue weighted by Crippen LogP contribution is -2.14. The van der Waals surface area contributed by atoms with E-state index in [1.54, 1.807) is 0 Å². The van der Waals surface area contributed by atoms with Crippen molar-refractivity contribution in [2.75, 3.05) is 5.75 Å². The predicted molar refractivity (Wildman–Crippen MR) is 77.9 cm³/mol. The summed E-state index contributed by atoms with van der Waals surface area (Å²) in [6.45, 7) is 7.91. The molecule has 0 aliphatic rings. The number of aromatic nitrogens is 1. The molecule has 1 heterocycles. The molecule has 0 aliphatic carbocycles. The Bertz CT molecular complexity index is 575. The number of sulfone groups is 1. The zero-order chi connectivity index (χ0) is 14.7. The molecule has 0 N–H and O–H groups in total. The van der Waals surface area contributed by atoms with Gasteiger partial charge in [0.15, 0.2) is 9.84 Å². The molecule has 0 bridgehead atoms. The fraction of sp³-hybridized carbons (Fsp3) is 0.692. The van der Waals surface area contributed by atoms with E-state index in [4.69, 9.17) is 5.26 Å². The fourth-order valence-electron chi connectivity index (χ4n) is 1.81. The van der Waals surface area contributed by atoms with Crippen LogP contribution in [0.5, 0.6) is 0 Å². The third kappa shape index (κ3) is 4.59. The molecule has 0 saturated carbocycles. The van der Waals surface area contributed by atoms with Gasteiger partial charge in [-0.05, 0) is 6.42 Å². The largest absolute Gasteiger partial charge is 0.244 e. The van der Waals surface area contributed by atoms with Crippen LogP contribution in [0.2, 0.25) is 0 Å². The van der Waals surface area contributed by atoms with Gasteiger partial charge in [0, 0.05) is 10.3 Å². The van der Waals surface area contributed by atoms with Gasteiger partial charge in [-0.25, -0.2) is 13.4 Å². The van der Waals surface area contributed by atoms with Crippen molar-refractivity contribution >= 4 is 21.2 Å². The Labute approximate surface area is 119 Å². The highest BCUT2D eigenvalue weighted by molar-refractivity contribution is 7.90. The van der Waals surface area contributed by atoms with Crippen LogP contribution in [0, 0.1) is 11.3 Å². The second-order valence-corrected chi connectivity index (χ2v) is 8.91. The first-order valence-electron chi connectivity index (χ1n) is 6.26. The molecule has 0 spiro atoms. The van der Waals surface area contributed by atoms with E-state index in [0.29, 0.717) is 11.4 Å². The summed E-state index contributed by atoms with van der Waals surface area (Å²) in [7, 11) is -3.08. The van der Waals surface area contributed by atoms with Crippen LogP contribution in [0.3, 0.4) is 0 Å². The summed E-state index contributed by atoms with van der Waals surface area (Å²) >= 11 is 1.35. The Morgan fingerprint density at radius 3 is 2.47 bits per heavy atom. The number of hydrogen-bond donors (Lipinski definition) is 0. The summed E-state index contributed by atoms with van der Waals surface area (Å²) in [5, 5.41) is 9.45. The Hall–Kier alpha value is -0.930. The van der Waals surface area contributed by atoms with Gasteiger partial charge in [-0.3, -0.25) is 0 Å². The quantitative estimate of drug-likeness (QED) is 0.838. The molecular formula is C13H20N2O2S2. The number of hydrogen-bond acceptors (Lipinski definition) is 5. The van der Waals surface area contributed by atoms with Gasteiger partial charge in [-0.15, -0.1) is 11.3 Å². The molecule has 0 aliphatic heterocycles. The van der Waals surface area contributed by atoms with E-state index < -0.39 is 9.84 Å². The van der Waals surface area contributed by atoms with Crippen molar-refractivity contribution in [1.29, 1.82) is 5.26 Å². The molecule has 6 heteroatoms. The summed E-state index contributed by atoms with van der Waals surface area (Å²) in [5.41, 5.74) is 0.677. The maximum absolute atomic E-state index is 11.8. The number of nitriles is 1. The molecule has 1 rings (SSSR count). The lowest BCUT2D eigenvalue weighted by atomic mass is 9.91. The summed E-state index contributed by atoms with van der Waals surface area (Å²) in [6.07, 6.45) is 0.906. The van der Waals surface area contributed by atoms with Crippen LogP contribution in [-0.2, 0) is 27.4 Å². The van der Waals surface area contributed by atoms with Gasteiger partial charge in [0.25, 0.3) is 0 Å². The lowest BCUT2D eigenvalue weighted by molar-refractivity contribution is 0.565. The van der Waals surface area contributed by atoms with Gasteiger partial charge < -0.3 is 0 Å². The van der Waals surface area contributed by atoms with Crippen molar-refractivity contribution in [1.82, 2.24) is 4.98 Å². The summed E-state index contributed by atoms with van der Waals surface area (Å²) in [5.74, 6) is 0.172. The van der Waals surface area contributed by atoms with Crippen LogP contribution in [0.25, 0.3) is 0 Å². The number of rotatable bonds is 5. The summed E-state index contributed by atoms with van der Waals surface area (Å²) in [6, 6.07) is 2.12. The van der Waals surface area contributed by atoms with Crippen LogP contribution in [0.1, 0.15) is 49.7 Å². The van der Waals surface area contributed by atoms with Crippen molar-refractivity contribution in [3.63, 3.8) is 0 Å². The Morgan fingerprint density at radius 1 is 1.37 bits per heavy atom. The van der Waals surface area contributed by atoms with E-state index in [1.807, 2.05) is 27.7 Å². The molecule has 0 fully saturated rings. The average molecular weight is 300 g/mol. The monoisotopic (exact) mass is 300 g/mol. The van der Waals surface area contributed by atoms with E-state index >= 15 is 0 Å². The number of thiazole rings is 1. The van der Waals surface area contributed by atoms with Gasteiger partial charge in [0.05, 0.1) is 23.9 Å². The van der Waals surface area contributed by atoms with E-state index in [-0.39, 0.29) is 23.3 Å². The third-order valence-electron chi connectivity index (χ3n) is 2.55. The molecule has 106 valence electrons. The molecule has 1 aromatic heterocycles. The molecule has 0 amide bonds. The first kappa shape index (κ1) is 16.1. The molecule has 0 atom stereocenters. The van der Waals surface area contributed by atoms with E-state index in [2.05, 4.69) is 11.1 Å². The molecule has 0 radical (unpaired) electrons. The minimum absolute atomic E-state index is 0.0139. The van der Waals surface area contributed by atoms with Crippen LogP contribution in [0.15, 0.2) is 0 Å². The Kier molecular flexibility index (Phi) is 5.11. The first-order chi connectivity index (χ1) is 8.69. The van der Waals surface area contributed by atoms with E-state index in [1.165, 1.54) is 11.3 Å². The SMILES string of the molecule is CCCS(=O)(=O)Cc1nc(C(C)(C)C)c(CC#N)s1. The van der Waals surface area contributed by atoms with Crippen LogP contribution in [0.4, 0.5) is 0 Å². The molecule has 0 aromatic carbocycles. The van der Waals surface area contributed by atoms with E-state index in [9.17, 15) is 8.42 Å². The van der Waals surface area contributed by atoms with Crippen molar-refractivity contribution in [2.45, 2.75) is 51.7 Å². The van der Waals surface area contributed by atoms with Crippen LogP contribution >= 0.6 is 11.3 Å². The topological polar surface area (TPSA) is 70.8 Å². The molecule has 0 unspecified atom stereocenters. The smallest absolute Gasteiger partial charge is 0.156 e. The van der Waals surface area contributed by atoms with Crippen molar-refractivity contribution in [2.24, 2.45) is 0 Å². The number of nitrogens with zero attached hydrogens (tertiary/aromatic N) is 2. The highest BCUT2D eigenvalue weighted by Gasteiger charge is 2.24. The Morgan fingerprint density at radius 2 is 2.00 bits per heavy atom. The second-order valence-electron chi connectivity index (χ2n) is 5.56. The molecule has 4 nitrogen and oxygen atoms in total. The normalized spacial score (nSPS) is 12.4. The van der Waals surface area contributed by atoms with Crippen molar-refractivity contribution in [3.05, 3.63) is 15.6 Å². The van der Waals surface area contributed by atoms with Crippen molar-refractivity contribution < 1.29 is 8.42 Å². The second kappa shape index (κ2) is 6.02. The summed E-state index contributed by atoms with van der Waals surface area (Å²) in [4.78, 5) is 5.34. The average Bonchev–Trinajstić information content (AvgIpc) is 2.60. The first-order valence-corrected chi connectivity index (χ1v) is 8.90. The standard InChI is InChI=1S/C13H20N2O2S2/c1-5-8-19(16,17)9-11-15-12(13(2,3)4)10(18-11)6-7-14/h5-6,8-9H2,1-4H3. The van der Waals surface area contributed by atoms with Gasteiger partial charge in [0.2, 0.25) is 0 Å². The van der Waals surface area contributed by atoms with Gasteiger partial charge in [-0.1, -0.05) is 27.7 Å². The fourth-order valence-corrected chi connectivity index (χ4v) is 4.80. The Balaban J connectivity index is 3.09. The lowest BCUT2D eigenvalue weighted by Gasteiger charge is -2.16. The maximum atomic E-state index is 11.8. The molecule has 0 saturated heterocycles. The van der Waals surface area contributed by atoms with Crippen LogP contribution < -0.4 is 0 Å². The van der Waals surface area contributed by atoms with Gasteiger partial charge >= 0.3 is 0 Å². The zero-order valence-corrected chi connectivity index (χ0v) is 13.5. The minimum atomic E-state index is -3.08. The molecule has 19 heavy (non-hydrogen) atoms. The van der Waals surface area contributed by atoms with Crippen LogP contribution in [-0.4, -0.2) is 19.2 Å².